The molecule has 2 aromatic rings. The van der Waals surface area contributed by atoms with Crippen molar-refractivity contribution >= 4 is 11.6 Å². The number of nitrogens with zero attached hydrogens (tertiary/aromatic N) is 3. The van der Waals surface area contributed by atoms with Crippen molar-refractivity contribution in [1.82, 2.24) is 14.9 Å². The fraction of sp³-hybridized carbons (Fsp3) is 0.476. The number of hydrogen-bond acceptors (Lipinski definition) is 7. The third kappa shape index (κ3) is 3.90. The molecule has 3 heterocycles. The van der Waals surface area contributed by atoms with E-state index in [2.05, 4.69) is 15.2 Å². The predicted molar refractivity (Wildman–Crippen MR) is 110 cm³/mol. The van der Waals surface area contributed by atoms with Crippen molar-refractivity contribution in [3.63, 3.8) is 0 Å². The van der Waals surface area contributed by atoms with Gasteiger partial charge in [0, 0.05) is 25.3 Å². The maximum Gasteiger partial charge on any atom is 0.296 e. The van der Waals surface area contributed by atoms with Gasteiger partial charge in [-0.15, -0.1) is 0 Å². The molecule has 0 atom stereocenters. The number of nitrogens with one attached hydrogen (secondary N) is 1. The molecule has 0 aliphatic carbocycles. The Labute approximate surface area is 174 Å². The van der Waals surface area contributed by atoms with Crippen molar-refractivity contribution in [2.45, 2.75) is 32.5 Å². The summed E-state index contributed by atoms with van der Waals surface area (Å²) in [5.41, 5.74) is 0.275. The Morgan fingerprint density at radius 1 is 1.17 bits per heavy atom. The second-order valence-corrected chi connectivity index (χ2v) is 7.90. The van der Waals surface area contributed by atoms with Crippen LogP contribution in [0.1, 0.15) is 35.7 Å². The molecule has 9 heteroatoms. The van der Waals surface area contributed by atoms with Gasteiger partial charge < -0.3 is 24.8 Å². The largest absolute Gasteiger partial charge is 0.501 e. The normalized spacial score (nSPS) is 18.0. The fourth-order valence-corrected chi connectivity index (χ4v) is 3.74. The highest BCUT2D eigenvalue weighted by molar-refractivity contribution is 5.94. The minimum Gasteiger partial charge on any atom is -0.501 e. The summed E-state index contributed by atoms with van der Waals surface area (Å²) in [5.74, 6) is -0.917. The highest BCUT2D eigenvalue weighted by Crippen LogP contribution is 2.27. The molecular weight excluding hydrogens is 388 g/mol. The van der Waals surface area contributed by atoms with Crippen LogP contribution in [0.3, 0.4) is 0 Å². The summed E-state index contributed by atoms with van der Waals surface area (Å²) in [6, 6.07) is 7.90. The third-order valence-corrected chi connectivity index (χ3v) is 5.44. The number of fused-ring (bicyclic) bond motifs is 1. The first-order valence-electron chi connectivity index (χ1n) is 10.0. The summed E-state index contributed by atoms with van der Waals surface area (Å²) >= 11 is 0. The Hall–Kier alpha value is -2.91. The number of aromatic nitrogens is 2. The Morgan fingerprint density at radius 2 is 1.87 bits per heavy atom. The molecule has 0 spiro atoms. The standard InChI is InChI=1S/C21H26N4O5/c1-21(2)20-23-16(17(26)19(28)25(20)9-12-30-21)18(27)22-13-14-3-5-15(6-4-14)24-7-10-29-11-8-24/h3-6,26H,7-13H2,1-2H3,(H,22,27). The lowest BCUT2D eigenvalue weighted by Crippen LogP contribution is -2.42. The van der Waals surface area contributed by atoms with Gasteiger partial charge in [-0.2, -0.15) is 0 Å². The molecule has 30 heavy (non-hydrogen) atoms. The van der Waals surface area contributed by atoms with E-state index in [0.29, 0.717) is 12.4 Å². The first-order valence-corrected chi connectivity index (χ1v) is 10.0. The molecule has 160 valence electrons. The van der Waals surface area contributed by atoms with E-state index < -0.39 is 22.8 Å². The molecule has 0 unspecified atom stereocenters. The molecule has 1 fully saturated rings. The van der Waals surface area contributed by atoms with Crippen LogP contribution in [0, 0.1) is 0 Å². The second-order valence-electron chi connectivity index (χ2n) is 7.90. The van der Waals surface area contributed by atoms with Crippen molar-refractivity contribution < 1.29 is 19.4 Å². The van der Waals surface area contributed by atoms with Gasteiger partial charge in [0.15, 0.2) is 5.69 Å². The Balaban J connectivity index is 1.48. The van der Waals surface area contributed by atoms with Crippen LogP contribution in [0.5, 0.6) is 5.75 Å². The smallest absolute Gasteiger partial charge is 0.296 e. The molecule has 2 aliphatic heterocycles. The van der Waals surface area contributed by atoms with E-state index in [9.17, 15) is 14.7 Å². The van der Waals surface area contributed by atoms with E-state index >= 15 is 0 Å². The first kappa shape index (κ1) is 20.4. The molecule has 4 rings (SSSR count). The molecule has 2 aliphatic rings. The van der Waals surface area contributed by atoms with Crippen molar-refractivity contribution in [3.05, 3.63) is 51.7 Å². The molecule has 2 N–H and O–H groups in total. The van der Waals surface area contributed by atoms with Crippen LogP contribution in [0.2, 0.25) is 0 Å². The average molecular weight is 414 g/mol. The van der Waals surface area contributed by atoms with Gasteiger partial charge in [0.2, 0.25) is 5.75 Å². The van der Waals surface area contributed by atoms with E-state index in [0.717, 1.165) is 37.6 Å². The Kier molecular flexibility index (Phi) is 5.48. The lowest BCUT2D eigenvalue weighted by Gasteiger charge is -2.32. The summed E-state index contributed by atoms with van der Waals surface area (Å²) in [7, 11) is 0. The van der Waals surface area contributed by atoms with Gasteiger partial charge in [-0.3, -0.25) is 14.2 Å². The second kappa shape index (κ2) is 8.08. The maximum atomic E-state index is 12.7. The number of morpholine rings is 1. The predicted octanol–water partition coefficient (Wildman–Crippen LogP) is 0.981. The van der Waals surface area contributed by atoms with E-state index in [-0.39, 0.29) is 18.8 Å². The molecule has 1 aromatic heterocycles. The van der Waals surface area contributed by atoms with E-state index in [1.165, 1.54) is 4.57 Å². The molecular formula is C21H26N4O5. The zero-order valence-electron chi connectivity index (χ0n) is 17.2. The van der Waals surface area contributed by atoms with Crippen LogP contribution in [0.25, 0.3) is 0 Å². The highest BCUT2D eigenvalue weighted by atomic mass is 16.5. The molecule has 0 radical (unpaired) electrons. The number of carbonyl (C=O) groups excluding carboxylic acids is 1. The highest BCUT2D eigenvalue weighted by Gasteiger charge is 2.34. The molecule has 1 saturated heterocycles. The van der Waals surface area contributed by atoms with Crippen LogP contribution >= 0.6 is 0 Å². The van der Waals surface area contributed by atoms with Crippen LogP contribution in [-0.4, -0.2) is 53.5 Å². The number of rotatable bonds is 4. The molecule has 1 amide bonds. The monoisotopic (exact) mass is 414 g/mol. The summed E-state index contributed by atoms with van der Waals surface area (Å²) in [5, 5.41) is 13.0. The number of benzene rings is 1. The number of hydrogen-bond donors (Lipinski definition) is 2. The number of carbonyl (C=O) groups is 1. The number of amides is 1. The zero-order chi connectivity index (χ0) is 21.3. The van der Waals surface area contributed by atoms with Crippen LogP contribution in [0.15, 0.2) is 29.1 Å². The first-order chi connectivity index (χ1) is 14.4. The van der Waals surface area contributed by atoms with E-state index in [1.54, 1.807) is 13.8 Å². The van der Waals surface area contributed by atoms with Gasteiger partial charge in [0.1, 0.15) is 11.4 Å². The van der Waals surface area contributed by atoms with Crippen LogP contribution in [0.4, 0.5) is 5.69 Å². The molecule has 9 nitrogen and oxygen atoms in total. The fourth-order valence-electron chi connectivity index (χ4n) is 3.74. The number of ether oxygens (including phenoxy) is 2. The van der Waals surface area contributed by atoms with Crippen molar-refractivity contribution in [1.29, 1.82) is 0 Å². The Bertz CT molecular complexity index is 994. The average Bonchev–Trinajstić information content (AvgIpc) is 2.75. The lowest BCUT2D eigenvalue weighted by atomic mass is 10.1. The van der Waals surface area contributed by atoms with Gasteiger partial charge >= 0.3 is 0 Å². The molecule has 0 saturated carbocycles. The molecule has 1 aromatic carbocycles. The topological polar surface area (TPSA) is 106 Å². The van der Waals surface area contributed by atoms with Crippen LogP contribution in [-0.2, 0) is 28.2 Å². The van der Waals surface area contributed by atoms with Crippen molar-refractivity contribution in [2.75, 3.05) is 37.8 Å². The minimum absolute atomic E-state index is 0.252. The zero-order valence-corrected chi connectivity index (χ0v) is 17.2. The summed E-state index contributed by atoms with van der Waals surface area (Å²) in [6.45, 7) is 7.58. The van der Waals surface area contributed by atoms with Crippen LogP contribution < -0.4 is 15.8 Å². The quantitative estimate of drug-likeness (QED) is 0.768. The van der Waals surface area contributed by atoms with Gasteiger partial charge in [-0.25, -0.2) is 4.98 Å². The summed E-state index contributed by atoms with van der Waals surface area (Å²) in [6.07, 6.45) is 0. The summed E-state index contributed by atoms with van der Waals surface area (Å²) < 4.78 is 12.4. The number of anilines is 1. The van der Waals surface area contributed by atoms with E-state index in [4.69, 9.17) is 9.47 Å². The van der Waals surface area contributed by atoms with Crippen molar-refractivity contribution in [3.8, 4) is 5.75 Å². The van der Waals surface area contributed by atoms with E-state index in [1.807, 2.05) is 24.3 Å². The van der Waals surface area contributed by atoms with Gasteiger partial charge in [0.25, 0.3) is 11.5 Å². The van der Waals surface area contributed by atoms with Gasteiger partial charge in [0.05, 0.1) is 26.4 Å². The van der Waals surface area contributed by atoms with Crippen molar-refractivity contribution in [2.24, 2.45) is 0 Å². The third-order valence-electron chi connectivity index (χ3n) is 5.44. The lowest BCUT2D eigenvalue weighted by molar-refractivity contribution is -0.0566. The van der Waals surface area contributed by atoms with Gasteiger partial charge in [-0.1, -0.05) is 12.1 Å². The minimum atomic E-state index is -0.824. The SMILES string of the molecule is CC1(C)OCCn2c1nc(C(=O)NCc1ccc(N3CCOCC3)cc1)c(O)c2=O. The maximum absolute atomic E-state index is 12.7. The number of aromatic hydroxyl groups is 1. The molecule has 0 bridgehead atoms. The summed E-state index contributed by atoms with van der Waals surface area (Å²) in [4.78, 5) is 31.7. The Morgan fingerprint density at radius 3 is 2.57 bits per heavy atom. The van der Waals surface area contributed by atoms with Gasteiger partial charge in [-0.05, 0) is 31.5 Å².